The average Bonchev–Trinajstić information content (AvgIpc) is 3.44. The molecule has 1 aliphatic rings. The Balaban J connectivity index is 1.18. The van der Waals surface area contributed by atoms with Gasteiger partial charge in [-0.1, -0.05) is 72.4 Å². The topological polar surface area (TPSA) is 73.0 Å². The van der Waals surface area contributed by atoms with Crippen molar-refractivity contribution in [2.45, 2.75) is 42.8 Å². The van der Waals surface area contributed by atoms with E-state index in [-0.39, 0.29) is 11.8 Å². The third kappa shape index (κ3) is 5.59. The van der Waals surface area contributed by atoms with Gasteiger partial charge in [-0.05, 0) is 42.5 Å². The lowest BCUT2D eigenvalue weighted by atomic mass is 9.88. The van der Waals surface area contributed by atoms with Crippen molar-refractivity contribution in [2.75, 3.05) is 12.3 Å². The number of carbonyl (C=O) groups is 1. The van der Waals surface area contributed by atoms with E-state index >= 15 is 0 Å². The van der Waals surface area contributed by atoms with Gasteiger partial charge in [0.05, 0.1) is 18.6 Å². The molecule has 1 amide bonds. The Hall–Kier alpha value is -3.32. The van der Waals surface area contributed by atoms with Gasteiger partial charge >= 0.3 is 0 Å². The molecule has 1 saturated carbocycles. The number of thioether (sulfide) groups is 1. The largest absolute Gasteiger partial charge is 0.467 e. The summed E-state index contributed by atoms with van der Waals surface area (Å²) in [5, 5.41) is 12.6. The molecule has 0 spiro atoms. The number of carbonyl (C=O) groups excluding carboxylic acids is 1. The van der Waals surface area contributed by atoms with Gasteiger partial charge in [0.25, 0.3) is 0 Å². The summed E-state index contributed by atoms with van der Waals surface area (Å²) in [4.78, 5) is 12.6. The zero-order chi connectivity index (χ0) is 23.2. The van der Waals surface area contributed by atoms with Crippen LogP contribution in [0.4, 0.5) is 0 Å². The highest BCUT2D eigenvalue weighted by molar-refractivity contribution is 7.99. The molecule has 174 valence electrons. The number of hydrogen-bond acceptors (Lipinski definition) is 5. The van der Waals surface area contributed by atoms with Crippen LogP contribution in [0.3, 0.4) is 0 Å². The number of furan rings is 1. The van der Waals surface area contributed by atoms with Gasteiger partial charge in [-0.3, -0.25) is 9.36 Å². The smallest absolute Gasteiger partial charge is 0.230 e. The lowest BCUT2D eigenvalue weighted by Gasteiger charge is -2.18. The van der Waals surface area contributed by atoms with Crippen molar-refractivity contribution in [3.05, 3.63) is 102 Å². The lowest BCUT2D eigenvalue weighted by molar-refractivity contribution is -0.118. The Morgan fingerprint density at radius 3 is 2.32 bits per heavy atom. The molecular weight excluding hydrogens is 444 g/mol. The van der Waals surface area contributed by atoms with Crippen LogP contribution in [0.15, 0.2) is 88.6 Å². The molecule has 0 aliphatic heterocycles. The molecular formula is C27H28N4O2S. The quantitative estimate of drug-likeness (QED) is 0.303. The van der Waals surface area contributed by atoms with Crippen molar-refractivity contribution in [2.24, 2.45) is 0 Å². The van der Waals surface area contributed by atoms with Gasteiger partial charge in [0.1, 0.15) is 11.6 Å². The summed E-state index contributed by atoms with van der Waals surface area (Å²) in [5.41, 5.74) is 2.52. The number of nitrogens with zero attached hydrogens (tertiary/aromatic N) is 3. The molecule has 5 rings (SSSR count). The van der Waals surface area contributed by atoms with E-state index in [1.807, 2.05) is 24.3 Å². The van der Waals surface area contributed by atoms with E-state index in [9.17, 15) is 4.79 Å². The monoisotopic (exact) mass is 472 g/mol. The summed E-state index contributed by atoms with van der Waals surface area (Å²) < 4.78 is 7.62. The van der Waals surface area contributed by atoms with Crippen molar-refractivity contribution in [3.63, 3.8) is 0 Å². The van der Waals surface area contributed by atoms with Crippen LogP contribution in [0, 0.1) is 0 Å². The molecule has 34 heavy (non-hydrogen) atoms. The second kappa shape index (κ2) is 10.7. The summed E-state index contributed by atoms with van der Waals surface area (Å²) >= 11 is 1.43. The highest BCUT2D eigenvalue weighted by Gasteiger charge is 2.30. The maximum absolute atomic E-state index is 12.6. The summed E-state index contributed by atoms with van der Waals surface area (Å²) in [5.74, 6) is 2.88. The van der Waals surface area contributed by atoms with Gasteiger partial charge in [-0.15, -0.1) is 10.2 Å². The number of hydrogen-bond donors (Lipinski definition) is 1. The molecule has 0 unspecified atom stereocenters. The minimum absolute atomic E-state index is 0.00499. The van der Waals surface area contributed by atoms with Crippen molar-refractivity contribution in [1.82, 2.24) is 20.1 Å². The van der Waals surface area contributed by atoms with Crippen LogP contribution in [-0.2, 0) is 11.3 Å². The number of aromatic nitrogens is 3. The van der Waals surface area contributed by atoms with Crippen molar-refractivity contribution < 1.29 is 9.21 Å². The molecule has 7 heteroatoms. The molecule has 0 saturated heterocycles. The third-order valence-corrected chi connectivity index (χ3v) is 7.04. The van der Waals surface area contributed by atoms with Gasteiger partial charge in [-0.2, -0.15) is 0 Å². The Morgan fingerprint density at radius 1 is 1.00 bits per heavy atom. The first kappa shape index (κ1) is 22.5. The van der Waals surface area contributed by atoms with Crippen LogP contribution in [-0.4, -0.2) is 33.0 Å². The summed E-state index contributed by atoms with van der Waals surface area (Å²) in [6.07, 6.45) is 4.80. The first-order valence-corrected chi connectivity index (χ1v) is 12.7. The van der Waals surface area contributed by atoms with Crippen molar-refractivity contribution in [3.8, 4) is 0 Å². The van der Waals surface area contributed by atoms with E-state index in [4.69, 9.17) is 4.42 Å². The number of amides is 1. The molecule has 6 nitrogen and oxygen atoms in total. The maximum atomic E-state index is 12.6. The molecule has 1 aliphatic carbocycles. The zero-order valence-electron chi connectivity index (χ0n) is 19.0. The Bertz CT molecular complexity index is 1150. The molecule has 0 radical (unpaired) electrons. The van der Waals surface area contributed by atoms with Gasteiger partial charge in [0.15, 0.2) is 5.16 Å². The van der Waals surface area contributed by atoms with E-state index in [0.29, 0.717) is 24.8 Å². The SMILES string of the molecule is O=C(CSc1nnc(C2CC2)n1Cc1ccco1)NCCC(c1ccccc1)c1ccccc1. The van der Waals surface area contributed by atoms with E-state index < -0.39 is 0 Å². The van der Waals surface area contributed by atoms with Gasteiger partial charge < -0.3 is 9.73 Å². The fourth-order valence-corrected chi connectivity index (χ4v) is 4.97. The van der Waals surface area contributed by atoms with Gasteiger partial charge in [-0.25, -0.2) is 0 Å². The Kier molecular flexibility index (Phi) is 7.10. The van der Waals surface area contributed by atoms with Crippen LogP contribution < -0.4 is 5.32 Å². The normalized spacial score (nSPS) is 13.3. The number of nitrogens with one attached hydrogen (secondary N) is 1. The van der Waals surface area contributed by atoms with Crippen LogP contribution in [0.2, 0.25) is 0 Å². The first-order chi connectivity index (χ1) is 16.8. The fourth-order valence-electron chi connectivity index (χ4n) is 4.19. The Labute approximate surface area is 203 Å². The molecule has 0 atom stereocenters. The van der Waals surface area contributed by atoms with Crippen molar-refractivity contribution in [1.29, 1.82) is 0 Å². The minimum Gasteiger partial charge on any atom is -0.467 e. The predicted molar refractivity (Wildman–Crippen MR) is 133 cm³/mol. The van der Waals surface area contributed by atoms with Crippen LogP contribution in [0.25, 0.3) is 0 Å². The van der Waals surface area contributed by atoms with E-state index in [1.54, 1.807) is 6.26 Å². The second-order valence-corrected chi connectivity index (χ2v) is 9.52. The molecule has 2 aromatic heterocycles. The second-order valence-electron chi connectivity index (χ2n) is 8.58. The lowest BCUT2D eigenvalue weighted by Crippen LogP contribution is -2.27. The summed E-state index contributed by atoms with van der Waals surface area (Å²) in [7, 11) is 0. The highest BCUT2D eigenvalue weighted by atomic mass is 32.2. The molecule has 0 bridgehead atoms. The zero-order valence-corrected chi connectivity index (χ0v) is 19.8. The Morgan fingerprint density at radius 2 is 1.71 bits per heavy atom. The predicted octanol–water partition coefficient (Wildman–Crippen LogP) is 5.23. The van der Waals surface area contributed by atoms with E-state index in [0.717, 1.165) is 36.0 Å². The number of rotatable bonds is 11. The summed E-state index contributed by atoms with van der Waals surface area (Å²) in [6.45, 7) is 1.20. The van der Waals surface area contributed by atoms with Gasteiger partial charge in [0.2, 0.25) is 5.91 Å². The highest BCUT2D eigenvalue weighted by Crippen LogP contribution is 2.40. The fraction of sp³-hybridized carbons (Fsp3) is 0.296. The van der Waals surface area contributed by atoms with Crippen molar-refractivity contribution >= 4 is 17.7 Å². The van der Waals surface area contributed by atoms with Gasteiger partial charge in [0, 0.05) is 18.4 Å². The molecule has 4 aromatic rings. The molecule has 1 fully saturated rings. The average molecular weight is 473 g/mol. The number of benzene rings is 2. The first-order valence-electron chi connectivity index (χ1n) is 11.7. The maximum Gasteiger partial charge on any atom is 0.230 e. The molecule has 2 heterocycles. The van der Waals surface area contributed by atoms with Crippen LogP contribution in [0.1, 0.15) is 53.8 Å². The standard InChI is InChI=1S/C27H28N4O2S/c32-25(28-16-15-24(20-8-3-1-4-9-20)21-10-5-2-6-11-21)19-34-27-30-29-26(22-13-14-22)31(27)18-23-12-7-17-33-23/h1-12,17,22,24H,13-16,18-19H2,(H,28,32). The van der Waals surface area contributed by atoms with E-state index in [2.05, 4.69) is 68.6 Å². The summed E-state index contributed by atoms with van der Waals surface area (Å²) in [6, 6.07) is 24.8. The van der Waals surface area contributed by atoms with Crippen LogP contribution >= 0.6 is 11.8 Å². The molecule has 2 aromatic carbocycles. The van der Waals surface area contributed by atoms with E-state index in [1.165, 1.54) is 22.9 Å². The molecule has 1 N–H and O–H groups in total. The van der Waals surface area contributed by atoms with Crippen LogP contribution in [0.5, 0.6) is 0 Å². The minimum atomic E-state index is 0.00499. The third-order valence-electron chi connectivity index (χ3n) is 6.07.